The number of hydrogen-bond donors (Lipinski definition) is 1. The van der Waals surface area contributed by atoms with E-state index in [1.54, 1.807) is 0 Å². The number of nitrogens with one attached hydrogen (secondary N) is 1. The van der Waals surface area contributed by atoms with Crippen molar-refractivity contribution in [3.8, 4) is 11.3 Å². The summed E-state index contributed by atoms with van der Waals surface area (Å²) in [6, 6.07) is 16.0. The quantitative estimate of drug-likeness (QED) is 0.887. The number of anilines is 1. The molecule has 1 aromatic carbocycles. The van der Waals surface area contributed by atoms with Crippen LogP contribution in [-0.2, 0) is 0 Å². The minimum Gasteiger partial charge on any atom is -0.364 e. The lowest BCUT2D eigenvalue weighted by atomic mass is 10.1. The Kier molecular flexibility index (Phi) is 2.52. The largest absolute Gasteiger partial charge is 0.364 e. The van der Waals surface area contributed by atoms with Crippen molar-refractivity contribution in [3.63, 3.8) is 0 Å². The lowest BCUT2D eigenvalue weighted by Gasteiger charge is -2.29. The Morgan fingerprint density at radius 3 is 2.63 bits per heavy atom. The van der Waals surface area contributed by atoms with E-state index in [2.05, 4.69) is 51.6 Å². The van der Waals surface area contributed by atoms with Crippen LogP contribution in [0, 0.1) is 0 Å². The smallest absolute Gasteiger partial charge is 0.0703 e. The van der Waals surface area contributed by atoms with Gasteiger partial charge in [-0.1, -0.05) is 30.3 Å². The topological polar surface area (TPSA) is 28.2 Å². The summed E-state index contributed by atoms with van der Waals surface area (Å²) in [7, 11) is 0. The van der Waals surface area contributed by atoms with Gasteiger partial charge < -0.3 is 10.2 Å². The zero-order chi connectivity index (χ0) is 12.7. The Morgan fingerprint density at radius 1 is 1.11 bits per heavy atom. The van der Waals surface area contributed by atoms with Crippen molar-refractivity contribution in [2.45, 2.75) is 18.5 Å². The Morgan fingerprint density at radius 2 is 2.00 bits per heavy atom. The summed E-state index contributed by atoms with van der Waals surface area (Å²) in [5.74, 6) is 0. The zero-order valence-electron chi connectivity index (χ0n) is 10.8. The fourth-order valence-electron chi connectivity index (χ4n) is 3.21. The van der Waals surface area contributed by atoms with Gasteiger partial charge in [0.2, 0.25) is 0 Å². The van der Waals surface area contributed by atoms with Gasteiger partial charge in [0.1, 0.15) is 0 Å². The number of nitrogens with zero attached hydrogens (tertiary/aromatic N) is 2. The lowest BCUT2D eigenvalue weighted by molar-refractivity contribution is 0.580. The molecule has 2 bridgehead atoms. The van der Waals surface area contributed by atoms with Crippen molar-refractivity contribution in [1.82, 2.24) is 10.3 Å². The van der Waals surface area contributed by atoms with Gasteiger partial charge in [-0.05, 0) is 18.6 Å². The van der Waals surface area contributed by atoms with Crippen LogP contribution in [0.4, 0.5) is 5.69 Å². The van der Waals surface area contributed by atoms with E-state index in [9.17, 15) is 0 Å². The predicted molar refractivity (Wildman–Crippen MR) is 77.2 cm³/mol. The average Bonchev–Trinajstić information content (AvgIpc) is 3.11. The molecule has 3 heteroatoms. The third-order valence-corrected chi connectivity index (χ3v) is 4.21. The summed E-state index contributed by atoms with van der Waals surface area (Å²) in [6.07, 6.45) is 3.30. The number of pyridine rings is 1. The van der Waals surface area contributed by atoms with E-state index < -0.39 is 0 Å². The van der Waals surface area contributed by atoms with Crippen LogP contribution in [0.3, 0.4) is 0 Å². The van der Waals surface area contributed by atoms with Crippen molar-refractivity contribution in [2.75, 3.05) is 18.0 Å². The van der Waals surface area contributed by atoms with Gasteiger partial charge in [0.15, 0.2) is 0 Å². The Hall–Kier alpha value is -1.87. The van der Waals surface area contributed by atoms with Gasteiger partial charge in [0.05, 0.1) is 17.6 Å². The van der Waals surface area contributed by atoms with Crippen LogP contribution in [0.15, 0.2) is 48.7 Å². The van der Waals surface area contributed by atoms with Crippen LogP contribution < -0.4 is 10.2 Å². The molecule has 2 fully saturated rings. The second-order valence-electron chi connectivity index (χ2n) is 5.41. The molecule has 19 heavy (non-hydrogen) atoms. The van der Waals surface area contributed by atoms with Gasteiger partial charge in [-0.15, -0.1) is 0 Å². The van der Waals surface area contributed by atoms with E-state index in [-0.39, 0.29) is 0 Å². The van der Waals surface area contributed by atoms with E-state index in [1.807, 2.05) is 12.3 Å². The maximum atomic E-state index is 4.62. The Balaban J connectivity index is 1.60. The molecule has 0 radical (unpaired) electrons. The molecule has 1 N–H and O–H groups in total. The molecule has 2 aromatic rings. The van der Waals surface area contributed by atoms with E-state index in [0.717, 1.165) is 18.8 Å². The van der Waals surface area contributed by atoms with Crippen LogP contribution >= 0.6 is 0 Å². The lowest BCUT2D eigenvalue weighted by Crippen LogP contribution is -2.43. The fourth-order valence-corrected chi connectivity index (χ4v) is 3.21. The highest BCUT2D eigenvalue weighted by Crippen LogP contribution is 2.29. The molecule has 2 unspecified atom stereocenters. The number of rotatable bonds is 2. The minimum atomic E-state index is 0.661. The number of hydrogen-bond acceptors (Lipinski definition) is 3. The van der Waals surface area contributed by atoms with Crippen molar-refractivity contribution in [2.24, 2.45) is 0 Å². The van der Waals surface area contributed by atoms with Gasteiger partial charge in [-0.2, -0.15) is 0 Å². The summed E-state index contributed by atoms with van der Waals surface area (Å²) >= 11 is 0. The number of aromatic nitrogens is 1. The molecule has 3 nitrogen and oxygen atoms in total. The van der Waals surface area contributed by atoms with Crippen LogP contribution in [0.25, 0.3) is 11.3 Å². The van der Waals surface area contributed by atoms with Crippen molar-refractivity contribution in [3.05, 3.63) is 48.7 Å². The molecule has 2 aliphatic rings. The Bertz CT molecular complexity index is 564. The molecule has 2 aliphatic heterocycles. The highest BCUT2D eigenvalue weighted by atomic mass is 15.3. The second-order valence-corrected chi connectivity index (χ2v) is 5.41. The molecule has 2 atom stereocenters. The van der Waals surface area contributed by atoms with Crippen LogP contribution in [-0.4, -0.2) is 30.2 Å². The van der Waals surface area contributed by atoms with Crippen molar-refractivity contribution >= 4 is 5.69 Å². The summed E-state index contributed by atoms with van der Waals surface area (Å²) in [5, 5.41) is 3.53. The first-order chi connectivity index (χ1) is 9.40. The number of fused-ring (bicyclic) bond motifs is 2. The first-order valence-corrected chi connectivity index (χ1v) is 6.92. The molecular formula is C16H17N3. The SMILES string of the molecule is c1ccc(-c2ccc(N3CC4CC3CN4)cn2)cc1. The van der Waals surface area contributed by atoms with E-state index in [0.29, 0.717) is 12.1 Å². The first-order valence-electron chi connectivity index (χ1n) is 6.92. The molecule has 0 aliphatic carbocycles. The molecule has 0 amide bonds. The fraction of sp³-hybridized carbons (Fsp3) is 0.312. The summed E-state index contributed by atoms with van der Waals surface area (Å²) in [6.45, 7) is 2.24. The van der Waals surface area contributed by atoms with Crippen molar-refractivity contribution < 1.29 is 0 Å². The molecule has 96 valence electrons. The van der Waals surface area contributed by atoms with Gasteiger partial charge >= 0.3 is 0 Å². The predicted octanol–water partition coefficient (Wildman–Crippen LogP) is 2.30. The van der Waals surface area contributed by atoms with Gasteiger partial charge in [0.25, 0.3) is 0 Å². The molecule has 1 aromatic heterocycles. The van der Waals surface area contributed by atoms with Crippen LogP contribution in [0.2, 0.25) is 0 Å². The normalized spacial score (nSPS) is 24.9. The molecule has 0 saturated carbocycles. The molecular weight excluding hydrogens is 234 g/mol. The monoisotopic (exact) mass is 251 g/mol. The number of benzene rings is 1. The standard InChI is InChI=1S/C16H17N3/c1-2-4-12(5-3-1)16-7-6-14(9-18-16)19-11-13-8-15(19)10-17-13/h1-7,9,13,15,17H,8,10-11H2. The first kappa shape index (κ1) is 11.0. The highest BCUT2D eigenvalue weighted by molar-refractivity contribution is 5.61. The van der Waals surface area contributed by atoms with E-state index in [4.69, 9.17) is 0 Å². The van der Waals surface area contributed by atoms with Crippen molar-refractivity contribution in [1.29, 1.82) is 0 Å². The van der Waals surface area contributed by atoms with Gasteiger partial charge in [-0.3, -0.25) is 4.98 Å². The summed E-state index contributed by atoms with van der Waals surface area (Å²) in [5.41, 5.74) is 3.49. The van der Waals surface area contributed by atoms with Gasteiger partial charge in [-0.25, -0.2) is 0 Å². The third kappa shape index (κ3) is 1.90. The average molecular weight is 251 g/mol. The molecule has 4 rings (SSSR count). The highest BCUT2D eigenvalue weighted by Gasteiger charge is 2.37. The second kappa shape index (κ2) is 4.35. The summed E-state index contributed by atoms with van der Waals surface area (Å²) in [4.78, 5) is 7.10. The third-order valence-electron chi connectivity index (χ3n) is 4.21. The van der Waals surface area contributed by atoms with Crippen LogP contribution in [0.5, 0.6) is 0 Å². The molecule has 2 saturated heterocycles. The molecule has 0 spiro atoms. The Labute approximate surface area is 113 Å². The summed E-state index contributed by atoms with van der Waals surface area (Å²) < 4.78 is 0. The van der Waals surface area contributed by atoms with E-state index >= 15 is 0 Å². The minimum absolute atomic E-state index is 0.661. The maximum absolute atomic E-state index is 4.62. The van der Waals surface area contributed by atoms with E-state index in [1.165, 1.54) is 17.7 Å². The van der Waals surface area contributed by atoms with Gasteiger partial charge in [0, 0.05) is 30.7 Å². The molecule has 3 heterocycles. The maximum Gasteiger partial charge on any atom is 0.0703 e. The number of piperazine rings is 1. The zero-order valence-corrected chi connectivity index (χ0v) is 10.8. The van der Waals surface area contributed by atoms with Crippen LogP contribution in [0.1, 0.15) is 6.42 Å².